The van der Waals surface area contributed by atoms with Crippen LogP contribution in [0.4, 0.5) is 14.6 Å². The summed E-state index contributed by atoms with van der Waals surface area (Å²) in [5, 5.41) is 28.0. The Morgan fingerprint density at radius 1 is 1.03 bits per heavy atom. The SMILES string of the molecule is OC1CN(c2nc(-c3cc(-c4ccon4)n(Cc4ccccc4F)n3)ncc2F)CC1O. The molecule has 164 valence electrons. The Morgan fingerprint density at radius 2 is 1.81 bits per heavy atom. The molecule has 0 aliphatic carbocycles. The maximum Gasteiger partial charge on any atom is 0.183 e. The first-order valence-electron chi connectivity index (χ1n) is 9.85. The zero-order chi connectivity index (χ0) is 22.2. The van der Waals surface area contributed by atoms with Gasteiger partial charge in [0, 0.05) is 24.7 Å². The Morgan fingerprint density at radius 3 is 2.53 bits per heavy atom. The predicted octanol–water partition coefficient (Wildman–Crippen LogP) is 1.86. The van der Waals surface area contributed by atoms with Crippen molar-refractivity contribution in [3.8, 4) is 22.9 Å². The molecular weight excluding hydrogens is 422 g/mol. The standard InChI is InChI=1S/C21H18F2N6O3/c22-13-4-2-1-3-12(13)9-29-17(15-5-6-32-27-15)7-16(26-29)20-24-8-14(23)21(25-20)28-10-18(30)19(31)11-28/h1-8,18-19,30-31H,9-11H2. The van der Waals surface area contributed by atoms with Crippen molar-refractivity contribution in [3.63, 3.8) is 0 Å². The van der Waals surface area contributed by atoms with Gasteiger partial charge in [-0.1, -0.05) is 23.4 Å². The Kier molecular flexibility index (Phi) is 5.11. The molecule has 4 heterocycles. The molecule has 11 heteroatoms. The van der Waals surface area contributed by atoms with Crippen molar-refractivity contribution in [2.75, 3.05) is 18.0 Å². The number of hydrogen-bond acceptors (Lipinski definition) is 8. The largest absolute Gasteiger partial charge is 0.389 e. The van der Waals surface area contributed by atoms with Crippen LogP contribution < -0.4 is 4.90 Å². The molecule has 1 saturated heterocycles. The highest BCUT2D eigenvalue weighted by Gasteiger charge is 2.32. The quantitative estimate of drug-likeness (QED) is 0.484. The van der Waals surface area contributed by atoms with E-state index in [4.69, 9.17) is 4.52 Å². The average Bonchev–Trinajstić information content (AvgIpc) is 3.51. The highest BCUT2D eigenvalue weighted by Crippen LogP contribution is 2.28. The summed E-state index contributed by atoms with van der Waals surface area (Å²) in [7, 11) is 0. The van der Waals surface area contributed by atoms with E-state index in [1.165, 1.54) is 17.2 Å². The molecule has 0 radical (unpaired) electrons. The average molecular weight is 440 g/mol. The van der Waals surface area contributed by atoms with Crippen molar-refractivity contribution < 1.29 is 23.5 Å². The van der Waals surface area contributed by atoms with E-state index in [-0.39, 0.29) is 37.1 Å². The van der Waals surface area contributed by atoms with Gasteiger partial charge in [0.25, 0.3) is 0 Å². The van der Waals surface area contributed by atoms with Crippen LogP contribution >= 0.6 is 0 Å². The number of aliphatic hydroxyl groups excluding tert-OH is 2. The van der Waals surface area contributed by atoms with E-state index >= 15 is 0 Å². The zero-order valence-electron chi connectivity index (χ0n) is 16.6. The van der Waals surface area contributed by atoms with E-state index in [0.717, 1.165) is 6.20 Å². The molecule has 0 saturated carbocycles. The molecule has 0 amide bonds. The van der Waals surface area contributed by atoms with Crippen LogP contribution in [0.1, 0.15) is 5.56 Å². The third-order valence-electron chi connectivity index (χ3n) is 5.27. The van der Waals surface area contributed by atoms with E-state index in [0.29, 0.717) is 22.6 Å². The number of benzene rings is 1. The number of aliphatic hydroxyl groups is 2. The number of β-amino-alcohol motifs (C(OH)–C–C–N with tert-alkyl or cyclic N) is 2. The number of anilines is 1. The molecular formula is C21H18F2N6O3. The van der Waals surface area contributed by atoms with Gasteiger partial charge in [-0.3, -0.25) is 4.68 Å². The van der Waals surface area contributed by atoms with Crippen LogP contribution in [-0.2, 0) is 6.54 Å². The Balaban J connectivity index is 1.54. The third kappa shape index (κ3) is 3.72. The molecule has 1 aromatic carbocycles. The summed E-state index contributed by atoms with van der Waals surface area (Å²) in [4.78, 5) is 9.77. The minimum atomic E-state index is -0.994. The number of rotatable bonds is 5. The van der Waals surface area contributed by atoms with Crippen molar-refractivity contribution in [1.82, 2.24) is 24.9 Å². The first kappa shape index (κ1) is 20.2. The van der Waals surface area contributed by atoms with Gasteiger partial charge >= 0.3 is 0 Å². The monoisotopic (exact) mass is 440 g/mol. The van der Waals surface area contributed by atoms with Crippen LogP contribution in [-0.4, -0.2) is 60.4 Å². The van der Waals surface area contributed by atoms with E-state index in [2.05, 4.69) is 20.2 Å². The summed E-state index contributed by atoms with van der Waals surface area (Å²) in [6.45, 7) is 0.203. The first-order chi connectivity index (χ1) is 15.5. The van der Waals surface area contributed by atoms with Crippen LogP contribution in [0.3, 0.4) is 0 Å². The fourth-order valence-corrected chi connectivity index (χ4v) is 3.63. The van der Waals surface area contributed by atoms with Crippen molar-refractivity contribution >= 4 is 5.82 Å². The van der Waals surface area contributed by atoms with Gasteiger partial charge in [0.05, 0.1) is 30.6 Å². The summed E-state index contributed by atoms with van der Waals surface area (Å²) < 4.78 is 35.1. The van der Waals surface area contributed by atoms with Crippen molar-refractivity contribution in [2.24, 2.45) is 0 Å². The van der Waals surface area contributed by atoms with Gasteiger partial charge in [0.1, 0.15) is 23.5 Å². The predicted molar refractivity (Wildman–Crippen MR) is 108 cm³/mol. The van der Waals surface area contributed by atoms with E-state index in [1.54, 1.807) is 35.0 Å². The Bertz CT molecular complexity index is 1240. The Hall–Kier alpha value is -3.70. The lowest BCUT2D eigenvalue weighted by atomic mass is 10.2. The van der Waals surface area contributed by atoms with Gasteiger partial charge in [-0.2, -0.15) is 5.10 Å². The highest BCUT2D eigenvalue weighted by atomic mass is 19.1. The molecule has 3 aromatic heterocycles. The van der Waals surface area contributed by atoms with Crippen LogP contribution in [0, 0.1) is 11.6 Å². The summed E-state index contributed by atoms with van der Waals surface area (Å²) >= 11 is 0. The number of hydrogen-bond donors (Lipinski definition) is 2. The summed E-state index contributed by atoms with van der Waals surface area (Å²) in [5.74, 6) is -0.966. The second-order valence-corrected chi connectivity index (χ2v) is 7.45. The fourth-order valence-electron chi connectivity index (χ4n) is 3.63. The van der Waals surface area contributed by atoms with Gasteiger partial charge in [-0.15, -0.1) is 0 Å². The summed E-state index contributed by atoms with van der Waals surface area (Å²) in [5.41, 5.74) is 1.76. The molecule has 0 bridgehead atoms. The Labute approximate surface area is 180 Å². The zero-order valence-corrected chi connectivity index (χ0v) is 16.6. The highest BCUT2D eigenvalue weighted by molar-refractivity contribution is 5.63. The molecule has 0 spiro atoms. The minimum Gasteiger partial charge on any atom is -0.389 e. The van der Waals surface area contributed by atoms with E-state index in [1.807, 2.05) is 0 Å². The van der Waals surface area contributed by atoms with Gasteiger partial charge in [-0.25, -0.2) is 18.7 Å². The molecule has 9 nitrogen and oxygen atoms in total. The molecule has 2 unspecified atom stereocenters. The van der Waals surface area contributed by atoms with Crippen LogP contribution in [0.15, 0.2) is 53.4 Å². The molecule has 2 atom stereocenters. The smallest absolute Gasteiger partial charge is 0.183 e. The normalized spacial score (nSPS) is 18.4. The van der Waals surface area contributed by atoms with Crippen LogP contribution in [0.5, 0.6) is 0 Å². The topological polar surface area (TPSA) is 113 Å². The molecule has 1 fully saturated rings. The maximum absolute atomic E-state index is 14.4. The summed E-state index contributed by atoms with van der Waals surface area (Å²) in [6, 6.07) is 9.65. The van der Waals surface area contributed by atoms with Crippen LogP contribution in [0.2, 0.25) is 0 Å². The molecule has 1 aliphatic rings. The number of halogens is 2. The third-order valence-corrected chi connectivity index (χ3v) is 5.27. The second kappa shape index (κ2) is 8.09. The first-order valence-corrected chi connectivity index (χ1v) is 9.85. The van der Waals surface area contributed by atoms with Gasteiger partial charge in [-0.05, 0) is 12.1 Å². The fraction of sp³-hybridized carbons (Fsp3) is 0.238. The van der Waals surface area contributed by atoms with Gasteiger partial charge in [0.15, 0.2) is 17.5 Å². The van der Waals surface area contributed by atoms with Crippen molar-refractivity contribution in [3.05, 3.63) is 66.1 Å². The maximum atomic E-state index is 14.4. The minimum absolute atomic E-state index is 0.0421. The molecule has 1 aliphatic heterocycles. The van der Waals surface area contributed by atoms with Crippen molar-refractivity contribution in [1.29, 1.82) is 0 Å². The lowest BCUT2D eigenvalue weighted by Crippen LogP contribution is -2.24. The van der Waals surface area contributed by atoms with Crippen LogP contribution in [0.25, 0.3) is 22.9 Å². The van der Waals surface area contributed by atoms with Gasteiger partial charge in [0.2, 0.25) is 0 Å². The lowest BCUT2D eigenvalue weighted by molar-refractivity contribution is 0.0572. The number of nitrogens with zero attached hydrogens (tertiary/aromatic N) is 6. The van der Waals surface area contributed by atoms with E-state index < -0.39 is 18.0 Å². The van der Waals surface area contributed by atoms with E-state index in [9.17, 15) is 19.0 Å². The lowest BCUT2D eigenvalue weighted by Gasteiger charge is -2.17. The molecule has 4 aromatic rings. The van der Waals surface area contributed by atoms with Gasteiger partial charge < -0.3 is 19.6 Å². The van der Waals surface area contributed by atoms with Crippen molar-refractivity contribution in [2.45, 2.75) is 18.8 Å². The molecule has 2 N–H and O–H groups in total. The number of aromatic nitrogens is 5. The molecule has 5 rings (SSSR count). The summed E-state index contributed by atoms with van der Waals surface area (Å²) in [6.07, 6.45) is 0.435. The molecule has 32 heavy (non-hydrogen) atoms. The second-order valence-electron chi connectivity index (χ2n) is 7.45.